The average molecular weight is 344 g/mol. The first-order chi connectivity index (χ1) is 11.5. The molecule has 3 aliphatic carbocycles. The van der Waals surface area contributed by atoms with Gasteiger partial charge in [0.1, 0.15) is 6.10 Å². The molecule has 0 unspecified atom stereocenters. The summed E-state index contributed by atoms with van der Waals surface area (Å²) in [4.78, 5) is 11.7. The van der Waals surface area contributed by atoms with Crippen LogP contribution < -0.4 is 0 Å². The zero-order valence-corrected chi connectivity index (χ0v) is 16.3. The second kappa shape index (κ2) is 5.84. The molecule has 0 heterocycles. The molecule has 0 saturated heterocycles. The molecule has 0 amide bonds. The van der Waals surface area contributed by atoms with E-state index in [1.54, 1.807) is 0 Å². The van der Waals surface area contributed by atoms with Crippen molar-refractivity contribution in [3.8, 4) is 0 Å². The number of carbonyl (C=O) groups excluding carboxylic acids is 1. The number of esters is 1. The van der Waals surface area contributed by atoms with Crippen LogP contribution in [0.25, 0.3) is 0 Å². The highest BCUT2D eigenvalue weighted by Crippen LogP contribution is 2.61. The van der Waals surface area contributed by atoms with E-state index in [2.05, 4.69) is 46.4 Å². The molecule has 0 aromatic heterocycles. The first-order valence-corrected chi connectivity index (χ1v) is 9.52. The second-order valence-corrected chi connectivity index (χ2v) is 9.10. The number of carbonyl (C=O) groups is 1. The Morgan fingerprint density at radius 1 is 1.32 bits per heavy atom. The van der Waals surface area contributed by atoms with Gasteiger partial charge >= 0.3 is 5.97 Å². The van der Waals surface area contributed by atoms with E-state index >= 15 is 0 Å². The Labute approximate surface area is 151 Å². The fourth-order valence-corrected chi connectivity index (χ4v) is 5.38. The van der Waals surface area contributed by atoms with Crippen LogP contribution in [-0.2, 0) is 9.53 Å². The Hall–Kier alpha value is -1.35. The fourth-order valence-electron chi connectivity index (χ4n) is 5.38. The largest absolute Gasteiger partial charge is 0.462 e. The van der Waals surface area contributed by atoms with Crippen LogP contribution in [-0.4, -0.2) is 22.8 Å². The molecule has 0 bridgehead atoms. The quantitative estimate of drug-likeness (QED) is 0.582. The molecule has 3 nitrogen and oxygen atoms in total. The maximum atomic E-state index is 11.9. The summed E-state index contributed by atoms with van der Waals surface area (Å²) < 4.78 is 5.68. The van der Waals surface area contributed by atoms with E-state index in [-0.39, 0.29) is 17.5 Å². The van der Waals surface area contributed by atoms with Gasteiger partial charge in [-0.25, -0.2) is 0 Å². The third-order valence-electron chi connectivity index (χ3n) is 6.99. The summed E-state index contributed by atoms with van der Waals surface area (Å²) in [6.07, 6.45) is 8.14. The lowest BCUT2D eigenvalue weighted by molar-refractivity contribution is -0.179. The zero-order chi connectivity index (χ0) is 18.6. The van der Waals surface area contributed by atoms with Gasteiger partial charge in [-0.15, -0.1) is 0 Å². The second-order valence-electron chi connectivity index (χ2n) is 9.10. The van der Waals surface area contributed by atoms with Crippen molar-refractivity contribution in [1.29, 1.82) is 0 Å². The lowest BCUT2D eigenvalue weighted by Crippen LogP contribution is -2.59. The summed E-state index contributed by atoms with van der Waals surface area (Å²) in [5, 5.41) is 11.9. The SMILES string of the molecule is C=C1CC[C@@H](OC(C)=O)[C@@]2(C)CC=C3C(C(C)C)=CC[C@]3(C)C[C@]12O. The van der Waals surface area contributed by atoms with Crippen molar-refractivity contribution in [2.45, 2.75) is 78.4 Å². The van der Waals surface area contributed by atoms with Crippen molar-refractivity contribution in [3.05, 3.63) is 35.5 Å². The summed E-state index contributed by atoms with van der Waals surface area (Å²) in [7, 11) is 0. The predicted molar refractivity (Wildman–Crippen MR) is 99.9 cm³/mol. The number of hydrogen-bond acceptors (Lipinski definition) is 3. The summed E-state index contributed by atoms with van der Waals surface area (Å²) >= 11 is 0. The summed E-state index contributed by atoms with van der Waals surface area (Å²) in [5.74, 6) is 0.204. The summed E-state index contributed by atoms with van der Waals surface area (Å²) in [6, 6.07) is 0. The van der Waals surface area contributed by atoms with Gasteiger partial charge in [0, 0.05) is 12.3 Å². The molecule has 138 valence electrons. The predicted octanol–water partition coefficient (Wildman–Crippen LogP) is 4.72. The highest BCUT2D eigenvalue weighted by Gasteiger charge is 2.60. The molecule has 0 spiro atoms. The average Bonchev–Trinajstić information content (AvgIpc) is 2.78. The van der Waals surface area contributed by atoms with Gasteiger partial charge in [-0.2, -0.15) is 0 Å². The van der Waals surface area contributed by atoms with Crippen LogP contribution in [0, 0.1) is 16.7 Å². The molecule has 1 N–H and O–H groups in total. The van der Waals surface area contributed by atoms with Gasteiger partial charge in [0.25, 0.3) is 0 Å². The Kier molecular flexibility index (Phi) is 4.31. The van der Waals surface area contributed by atoms with Crippen LogP contribution in [0.1, 0.15) is 66.7 Å². The van der Waals surface area contributed by atoms with Gasteiger partial charge in [0.15, 0.2) is 0 Å². The fraction of sp³-hybridized carbons (Fsp3) is 0.682. The third kappa shape index (κ3) is 2.63. The van der Waals surface area contributed by atoms with Crippen LogP contribution in [0.15, 0.2) is 35.5 Å². The monoisotopic (exact) mass is 344 g/mol. The van der Waals surface area contributed by atoms with Crippen LogP contribution in [0.5, 0.6) is 0 Å². The molecule has 25 heavy (non-hydrogen) atoms. The number of ether oxygens (including phenoxy) is 1. The van der Waals surface area contributed by atoms with Crippen molar-refractivity contribution in [2.75, 3.05) is 0 Å². The molecule has 3 rings (SSSR count). The maximum Gasteiger partial charge on any atom is 0.302 e. The molecule has 4 atom stereocenters. The molecule has 3 heteroatoms. The number of aliphatic hydroxyl groups is 1. The van der Waals surface area contributed by atoms with Gasteiger partial charge in [-0.3, -0.25) is 4.79 Å². The normalized spacial score (nSPS) is 40.8. The Balaban J connectivity index is 2.08. The molecule has 0 aromatic rings. The maximum absolute atomic E-state index is 11.9. The van der Waals surface area contributed by atoms with Gasteiger partial charge in [-0.1, -0.05) is 46.4 Å². The smallest absolute Gasteiger partial charge is 0.302 e. The molecule has 0 radical (unpaired) electrons. The van der Waals surface area contributed by atoms with Crippen molar-refractivity contribution in [2.24, 2.45) is 16.7 Å². The van der Waals surface area contributed by atoms with Crippen LogP contribution in [0.3, 0.4) is 0 Å². The molecule has 1 fully saturated rings. The standard InChI is InChI=1S/C22H32O3/c1-14(2)17-9-11-20(5)13-22(24)15(3)7-8-19(25-16(4)23)21(22,6)12-10-18(17)20/h9-10,14,19,24H,3,7-8,11-13H2,1-2,4-6H3/t19-,20-,21-,22+/m1/s1. The Morgan fingerprint density at radius 3 is 2.60 bits per heavy atom. The first kappa shape index (κ1) is 18.4. The van der Waals surface area contributed by atoms with Gasteiger partial charge < -0.3 is 9.84 Å². The first-order valence-electron chi connectivity index (χ1n) is 9.52. The Bertz CT molecular complexity index is 671. The number of allylic oxidation sites excluding steroid dienone is 4. The van der Waals surface area contributed by atoms with Gasteiger partial charge in [-0.05, 0) is 60.2 Å². The third-order valence-corrected chi connectivity index (χ3v) is 6.99. The van der Waals surface area contributed by atoms with E-state index in [4.69, 9.17) is 4.74 Å². The minimum Gasteiger partial charge on any atom is -0.462 e. The van der Waals surface area contributed by atoms with Crippen LogP contribution >= 0.6 is 0 Å². The molecule has 0 aliphatic heterocycles. The summed E-state index contributed by atoms with van der Waals surface area (Å²) in [5.41, 5.74) is 2.05. The van der Waals surface area contributed by atoms with E-state index in [9.17, 15) is 9.90 Å². The van der Waals surface area contributed by atoms with E-state index < -0.39 is 11.0 Å². The van der Waals surface area contributed by atoms with Gasteiger partial charge in [0.05, 0.1) is 5.60 Å². The highest BCUT2D eigenvalue weighted by atomic mass is 16.5. The molecule has 3 aliphatic rings. The van der Waals surface area contributed by atoms with Crippen molar-refractivity contribution in [3.63, 3.8) is 0 Å². The molecular weight excluding hydrogens is 312 g/mol. The van der Waals surface area contributed by atoms with Gasteiger partial charge in [0.2, 0.25) is 0 Å². The van der Waals surface area contributed by atoms with Crippen molar-refractivity contribution < 1.29 is 14.6 Å². The van der Waals surface area contributed by atoms with E-state index in [0.29, 0.717) is 25.2 Å². The van der Waals surface area contributed by atoms with E-state index in [1.807, 2.05) is 0 Å². The topological polar surface area (TPSA) is 46.5 Å². The summed E-state index contributed by atoms with van der Waals surface area (Å²) in [6.45, 7) is 14.5. The number of fused-ring (bicyclic) bond motifs is 2. The van der Waals surface area contributed by atoms with Crippen molar-refractivity contribution >= 4 is 5.97 Å². The molecular formula is C22H32O3. The van der Waals surface area contributed by atoms with Crippen LogP contribution in [0.4, 0.5) is 0 Å². The lowest BCUT2D eigenvalue weighted by atomic mass is 9.56. The van der Waals surface area contributed by atoms with Crippen molar-refractivity contribution in [1.82, 2.24) is 0 Å². The minimum absolute atomic E-state index is 0.0762. The van der Waals surface area contributed by atoms with E-state index in [0.717, 1.165) is 18.4 Å². The molecule has 0 aromatic carbocycles. The lowest BCUT2D eigenvalue weighted by Gasteiger charge is -2.54. The zero-order valence-electron chi connectivity index (χ0n) is 16.3. The number of rotatable bonds is 2. The minimum atomic E-state index is -1.02. The number of hydrogen-bond donors (Lipinski definition) is 1. The van der Waals surface area contributed by atoms with Crippen LogP contribution in [0.2, 0.25) is 0 Å². The highest BCUT2D eigenvalue weighted by molar-refractivity contribution is 5.66. The van der Waals surface area contributed by atoms with E-state index in [1.165, 1.54) is 18.1 Å². The molecule has 1 saturated carbocycles. The Morgan fingerprint density at radius 2 is 2.00 bits per heavy atom.